The quantitative estimate of drug-likeness (QED) is 0.185. The Kier molecular flexibility index (Phi) is 8.28. The molecule has 2 heterocycles. The second kappa shape index (κ2) is 14.5. The highest BCUT2D eigenvalue weighted by molar-refractivity contribution is 6.02. The smallest absolute Gasteiger partial charge is 0.179 e. The molecule has 3 aliphatic carbocycles. The van der Waals surface area contributed by atoms with Crippen molar-refractivity contribution in [2.75, 3.05) is 0 Å². The van der Waals surface area contributed by atoms with E-state index in [2.05, 4.69) is 177 Å². The molecule has 2 spiro atoms. The SMILES string of the molecule is C=Cc1cc(O)ccc1C1=C(C)OC2(C=C1C1=CC=CC(C3=CC4(Oc5ccc6cc(O)ccc6c53)c3ccccc3-c3cc5ccccc5cc34)C1)c1ccccc1-c1cc3ccccc3cc12. The highest BCUT2D eigenvalue weighted by atomic mass is 16.5. The molecule has 2 N–H and O–H groups in total. The maximum absolute atomic E-state index is 10.8. The molecular weight excluding hydrogens is 845 g/mol. The van der Waals surface area contributed by atoms with Gasteiger partial charge in [-0.05, 0) is 175 Å². The van der Waals surface area contributed by atoms with Gasteiger partial charge in [0.15, 0.2) is 11.2 Å². The van der Waals surface area contributed by atoms with E-state index in [1.165, 1.54) is 27.5 Å². The van der Waals surface area contributed by atoms with Crippen molar-refractivity contribution in [1.29, 1.82) is 0 Å². The number of phenolic OH excluding ortho intramolecular Hbond substituents is 2. The van der Waals surface area contributed by atoms with Gasteiger partial charge < -0.3 is 19.7 Å². The summed E-state index contributed by atoms with van der Waals surface area (Å²) in [6.45, 7) is 6.29. The summed E-state index contributed by atoms with van der Waals surface area (Å²) in [5.74, 6) is 1.90. The Bertz CT molecular complexity index is 3950. The predicted molar refractivity (Wildman–Crippen MR) is 280 cm³/mol. The van der Waals surface area contributed by atoms with Gasteiger partial charge in [-0.25, -0.2) is 0 Å². The lowest BCUT2D eigenvalue weighted by Gasteiger charge is -2.40. The van der Waals surface area contributed by atoms with Gasteiger partial charge in [-0.1, -0.05) is 134 Å². The molecule has 0 saturated carbocycles. The zero-order valence-corrected chi connectivity index (χ0v) is 37.8. The number of fused-ring (bicyclic) bond motifs is 15. The fraction of sp³-hybridized carbons (Fsp3) is 0.0769. The van der Waals surface area contributed by atoms with Crippen LogP contribution >= 0.6 is 0 Å². The summed E-state index contributed by atoms with van der Waals surface area (Å²) >= 11 is 0. The first kappa shape index (κ1) is 39.6. The molecule has 0 amide bonds. The molecule has 14 rings (SSSR count). The van der Waals surface area contributed by atoms with E-state index < -0.39 is 11.2 Å². The van der Waals surface area contributed by atoms with Crippen molar-refractivity contribution >= 4 is 49.5 Å². The van der Waals surface area contributed by atoms with E-state index in [0.717, 1.165) is 99.9 Å². The minimum absolute atomic E-state index is 0.0902. The van der Waals surface area contributed by atoms with Crippen LogP contribution in [0.1, 0.15) is 52.3 Å². The lowest BCUT2D eigenvalue weighted by atomic mass is 9.73. The predicted octanol–water partition coefficient (Wildman–Crippen LogP) is 15.7. The van der Waals surface area contributed by atoms with E-state index in [-0.39, 0.29) is 17.4 Å². The molecule has 328 valence electrons. The van der Waals surface area contributed by atoms with E-state index >= 15 is 0 Å². The van der Waals surface area contributed by atoms with Crippen LogP contribution in [0.2, 0.25) is 0 Å². The van der Waals surface area contributed by atoms with Crippen LogP contribution in [0.25, 0.3) is 71.8 Å². The van der Waals surface area contributed by atoms with Crippen LogP contribution < -0.4 is 4.74 Å². The minimum atomic E-state index is -0.922. The molecule has 4 nitrogen and oxygen atoms in total. The summed E-state index contributed by atoms with van der Waals surface area (Å²) in [5.41, 5.74) is 14.4. The average Bonchev–Trinajstić information content (AvgIpc) is 3.78. The zero-order valence-electron chi connectivity index (χ0n) is 37.8. The second-order valence-corrected chi connectivity index (χ2v) is 19.1. The number of phenols is 2. The van der Waals surface area contributed by atoms with Crippen LogP contribution in [0.4, 0.5) is 0 Å². The molecule has 0 aromatic heterocycles. The van der Waals surface area contributed by atoms with Crippen LogP contribution in [-0.4, -0.2) is 10.2 Å². The van der Waals surface area contributed by atoms with Gasteiger partial charge >= 0.3 is 0 Å². The Morgan fingerprint density at radius 2 is 1.14 bits per heavy atom. The average molecular weight is 889 g/mol. The number of allylic oxidation sites excluding steroid dienone is 8. The van der Waals surface area contributed by atoms with Gasteiger partial charge in [0.05, 0.1) is 0 Å². The number of hydrogen-bond acceptors (Lipinski definition) is 4. The molecule has 0 saturated heterocycles. The number of hydrogen-bond donors (Lipinski definition) is 2. The van der Waals surface area contributed by atoms with Crippen molar-refractivity contribution in [3.8, 4) is 39.5 Å². The standard InChI is InChI=1S/C65H44O4/c1-3-39-30-47(66)24-26-49(39)62-38(2)68-64(57-21-10-8-19-51(57)53-32-40-13-4-6-15-42(40)34-59(53)64)36-55(62)44-17-12-18-45(29-44)56-37-65(69-61-28-23-46-31-48(67)25-27-50(46)63(56)61)58-22-11-9-20-52(58)54-33-41-14-5-7-16-43(41)35-60(54)65/h3-28,30-37,45,66-67H,1,29H2,2H3. The van der Waals surface area contributed by atoms with Crippen molar-refractivity contribution in [3.63, 3.8) is 0 Å². The molecule has 9 aromatic rings. The first-order valence-corrected chi connectivity index (χ1v) is 23.7. The number of benzene rings is 9. The monoisotopic (exact) mass is 888 g/mol. The lowest BCUT2D eigenvalue weighted by Crippen LogP contribution is -2.34. The third kappa shape index (κ3) is 5.63. The Hall–Kier alpha value is -8.60. The molecule has 0 radical (unpaired) electrons. The summed E-state index contributed by atoms with van der Waals surface area (Å²) in [4.78, 5) is 0. The Balaban J connectivity index is 0.996. The van der Waals surface area contributed by atoms with Gasteiger partial charge in [-0.15, -0.1) is 0 Å². The normalized spacial score (nSPS) is 20.4. The highest BCUT2D eigenvalue weighted by Crippen LogP contribution is 2.60. The van der Waals surface area contributed by atoms with E-state index in [9.17, 15) is 10.2 Å². The van der Waals surface area contributed by atoms with E-state index in [1.807, 2.05) is 24.3 Å². The first-order valence-electron chi connectivity index (χ1n) is 23.7. The van der Waals surface area contributed by atoms with Crippen molar-refractivity contribution < 1.29 is 19.7 Å². The van der Waals surface area contributed by atoms with Crippen LogP contribution in [0.15, 0.2) is 224 Å². The molecule has 9 aromatic carbocycles. The van der Waals surface area contributed by atoms with Gasteiger partial charge in [0, 0.05) is 39.3 Å². The van der Waals surface area contributed by atoms with Crippen LogP contribution in [-0.2, 0) is 15.9 Å². The molecule has 5 aliphatic rings. The topological polar surface area (TPSA) is 58.9 Å². The molecule has 3 unspecified atom stereocenters. The third-order valence-electron chi connectivity index (χ3n) is 15.3. The molecule has 0 bridgehead atoms. The maximum atomic E-state index is 10.8. The van der Waals surface area contributed by atoms with Crippen molar-refractivity contribution in [1.82, 2.24) is 0 Å². The van der Waals surface area contributed by atoms with Crippen LogP contribution in [0, 0.1) is 5.92 Å². The fourth-order valence-electron chi connectivity index (χ4n) is 12.3. The summed E-state index contributed by atoms with van der Waals surface area (Å²) in [6.07, 6.45) is 14.1. The van der Waals surface area contributed by atoms with E-state index in [1.54, 1.807) is 18.2 Å². The summed E-state index contributed by atoms with van der Waals surface area (Å²) in [5, 5.41) is 28.2. The number of rotatable bonds is 4. The van der Waals surface area contributed by atoms with Gasteiger partial charge in [-0.2, -0.15) is 0 Å². The summed E-state index contributed by atoms with van der Waals surface area (Å²) in [7, 11) is 0. The van der Waals surface area contributed by atoms with Crippen molar-refractivity contribution in [2.45, 2.75) is 24.5 Å². The van der Waals surface area contributed by atoms with Gasteiger partial charge in [0.2, 0.25) is 0 Å². The number of aromatic hydroxyl groups is 2. The third-order valence-corrected chi connectivity index (χ3v) is 15.3. The zero-order chi connectivity index (χ0) is 46.2. The molecule has 69 heavy (non-hydrogen) atoms. The lowest BCUT2D eigenvalue weighted by molar-refractivity contribution is 0.0813. The molecule has 2 aliphatic heterocycles. The molecule has 4 heteroatoms. The fourth-order valence-corrected chi connectivity index (χ4v) is 12.3. The van der Waals surface area contributed by atoms with Crippen LogP contribution in [0.3, 0.4) is 0 Å². The highest BCUT2D eigenvalue weighted by Gasteiger charge is 2.50. The summed E-state index contributed by atoms with van der Waals surface area (Å²) in [6, 6.07) is 59.1. The van der Waals surface area contributed by atoms with Gasteiger partial charge in [0.25, 0.3) is 0 Å². The first-order chi connectivity index (χ1) is 33.8. The van der Waals surface area contributed by atoms with E-state index in [4.69, 9.17) is 9.47 Å². The van der Waals surface area contributed by atoms with Crippen molar-refractivity contribution in [3.05, 3.63) is 263 Å². The number of ether oxygens (including phenoxy) is 2. The van der Waals surface area contributed by atoms with E-state index in [0.29, 0.717) is 6.42 Å². The van der Waals surface area contributed by atoms with Crippen LogP contribution in [0.5, 0.6) is 17.2 Å². The second-order valence-electron chi connectivity index (χ2n) is 19.1. The Morgan fingerprint density at radius 1 is 0.551 bits per heavy atom. The van der Waals surface area contributed by atoms with Gasteiger partial charge in [-0.3, -0.25) is 0 Å². The Morgan fingerprint density at radius 3 is 1.81 bits per heavy atom. The maximum Gasteiger partial charge on any atom is 0.179 e. The minimum Gasteiger partial charge on any atom is -0.508 e. The Labute approximate surface area is 400 Å². The largest absolute Gasteiger partial charge is 0.508 e. The summed E-state index contributed by atoms with van der Waals surface area (Å²) < 4.78 is 15.0. The molecular formula is C65H44O4. The molecule has 0 fully saturated rings. The van der Waals surface area contributed by atoms with Crippen molar-refractivity contribution in [2.24, 2.45) is 5.92 Å². The van der Waals surface area contributed by atoms with Gasteiger partial charge in [0.1, 0.15) is 23.0 Å². The molecule has 3 atom stereocenters.